The third-order valence-electron chi connectivity index (χ3n) is 4.97. The first-order valence-corrected chi connectivity index (χ1v) is 10.1. The first-order valence-electron chi connectivity index (χ1n) is 9.75. The van der Waals surface area contributed by atoms with Gasteiger partial charge in [0.15, 0.2) is 5.78 Å². The molecule has 0 spiro atoms. The van der Waals surface area contributed by atoms with Crippen molar-refractivity contribution in [3.63, 3.8) is 0 Å². The molecule has 0 saturated heterocycles. The van der Waals surface area contributed by atoms with Crippen molar-refractivity contribution in [1.29, 1.82) is 0 Å². The summed E-state index contributed by atoms with van der Waals surface area (Å²) in [4.78, 5) is 13.0. The maximum Gasteiger partial charge on any atom is 0.165 e. The Morgan fingerprint density at radius 1 is 0.966 bits per heavy atom. The molecular weight excluding hydrogens is 382 g/mol. The molecule has 3 nitrogen and oxygen atoms in total. The van der Waals surface area contributed by atoms with E-state index in [9.17, 15) is 4.79 Å². The number of anilines is 1. The Morgan fingerprint density at radius 2 is 1.62 bits per heavy atom. The van der Waals surface area contributed by atoms with E-state index in [0.717, 1.165) is 17.0 Å². The van der Waals surface area contributed by atoms with Crippen molar-refractivity contribution in [3.8, 4) is 5.75 Å². The van der Waals surface area contributed by atoms with Gasteiger partial charge in [-0.1, -0.05) is 55.8 Å². The van der Waals surface area contributed by atoms with Crippen LogP contribution in [0.5, 0.6) is 5.75 Å². The van der Waals surface area contributed by atoms with Crippen LogP contribution in [0.4, 0.5) is 5.69 Å². The van der Waals surface area contributed by atoms with E-state index in [1.165, 1.54) is 5.56 Å². The number of methoxy groups -OCH3 is 1. The average Bonchev–Trinajstić information content (AvgIpc) is 2.73. The number of nitrogens with one attached hydrogen (secondary N) is 1. The Morgan fingerprint density at radius 3 is 2.21 bits per heavy atom. The number of carbonyl (C=O) groups is 1. The molecule has 0 fully saturated rings. The van der Waals surface area contributed by atoms with Gasteiger partial charge in [-0.15, -0.1) is 0 Å². The molecular formula is C25H26ClNO2. The van der Waals surface area contributed by atoms with E-state index in [-0.39, 0.29) is 11.8 Å². The predicted molar refractivity (Wildman–Crippen MR) is 120 cm³/mol. The summed E-state index contributed by atoms with van der Waals surface area (Å²) in [6.45, 7) is 4.34. The maximum absolute atomic E-state index is 13.0. The van der Waals surface area contributed by atoms with Crippen LogP contribution in [-0.4, -0.2) is 12.9 Å². The molecule has 3 aromatic carbocycles. The molecule has 0 heterocycles. The Labute approximate surface area is 177 Å². The van der Waals surface area contributed by atoms with Crippen LogP contribution in [0.1, 0.15) is 53.7 Å². The van der Waals surface area contributed by atoms with Crippen molar-refractivity contribution in [2.45, 2.75) is 32.2 Å². The lowest BCUT2D eigenvalue weighted by molar-refractivity contribution is 0.0976. The van der Waals surface area contributed by atoms with E-state index in [4.69, 9.17) is 16.3 Å². The molecule has 0 aromatic heterocycles. The fourth-order valence-electron chi connectivity index (χ4n) is 3.23. The number of ether oxygens (including phenoxy) is 1. The fourth-order valence-corrected chi connectivity index (χ4v) is 3.42. The lowest BCUT2D eigenvalue weighted by Crippen LogP contribution is -2.16. The number of Topliss-reactive ketones (excluding diaryl/α,β-unsaturated/α-hetero) is 1. The van der Waals surface area contributed by atoms with Gasteiger partial charge in [0.2, 0.25) is 0 Å². The smallest absolute Gasteiger partial charge is 0.165 e. The van der Waals surface area contributed by atoms with Gasteiger partial charge in [0.05, 0.1) is 13.2 Å². The van der Waals surface area contributed by atoms with Crippen molar-refractivity contribution in [2.75, 3.05) is 12.4 Å². The summed E-state index contributed by atoms with van der Waals surface area (Å²) in [6, 6.07) is 23.1. The summed E-state index contributed by atoms with van der Waals surface area (Å²) >= 11 is 6.14. The minimum atomic E-state index is -0.163. The van der Waals surface area contributed by atoms with Crippen LogP contribution in [0, 0.1) is 0 Å². The highest BCUT2D eigenvalue weighted by molar-refractivity contribution is 6.30. The van der Waals surface area contributed by atoms with Gasteiger partial charge in [-0.2, -0.15) is 0 Å². The zero-order valence-corrected chi connectivity index (χ0v) is 17.7. The Kier molecular flexibility index (Phi) is 6.95. The topological polar surface area (TPSA) is 38.3 Å². The summed E-state index contributed by atoms with van der Waals surface area (Å²) in [5.41, 5.74) is 3.90. The van der Waals surface area contributed by atoms with Crippen molar-refractivity contribution in [2.24, 2.45) is 0 Å². The van der Waals surface area contributed by atoms with Gasteiger partial charge < -0.3 is 10.1 Å². The van der Waals surface area contributed by atoms with Crippen molar-refractivity contribution < 1.29 is 9.53 Å². The van der Waals surface area contributed by atoms with Crippen molar-refractivity contribution in [3.05, 3.63) is 94.5 Å². The minimum Gasteiger partial charge on any atom is -0.497 e. The summed E-state index contributed by atoms with van der Waals surface area (Å²) in [5.74, 6) is 1.27. The van der Waals surface area contributed by atoms with Gasteiger partial charge in [-0.25, -0.2) is 0 Å². The van der Waals surface area contributed by atoms with E-state index in [0.29, 0.717) is 22.9 Å². The van der Waals surface area contributed by atoms with Crippen LogP contribution in [0.25, 0.3) is 0 Å². The number of benzene rings is 3. The highest BCUT2D eigenvalue weighted by Gasteiger charge is 2.18. The summed E-state index contributed by atoms with van der Waals surface area (Å²) < 4.78 is 5.18. The van der Waals surface area contributed by atoms with Gasteiger partial charge in [0.1, 0.15) is 5.75 Å². The van der Waals surface area contributed by atoms with Gasteiger partial charge in [0.25, 0.3) is 0 Å². The SMILES string of the molecule is COc1ccc(C(=O)CC(Nc2cccc(Cl)c2)c2ccc(C(C)C)cc2)cc1. The molecule has 0 radical (unpaired) electrons. The Bertz CT molecular complexity index is 949. The quantitative estimate of drug-likeness (QED) is 0.413. The Balaban J connectivity index is 1.85. The third kappa shape index (κ3) is 5.61. The molecule has 1 N–H and O–H groups in total. The standard InChI is InChI=1S/C25H26ClNO2/c1-17(2)18-7-9-19(10-8-18)24(27-22-6-4-5-21(26)15-22)16-25(28)20-11-13-23(29-3)14-12-20/h4-15,17,24,27H,16H2,1-3H3. The molecule has 0 amide bonds. The summed E-state index contributed by atoms with van der Waals surface area (Å²) in [5, 5.41) is 4.14. The van der Waals surface area contributed by atoms with Crippen LogP contribution >= 0.6 is 11.6 Å². The van der Waals surface area contributed by atoms with Crippen molar-refractivity contribution in [1.82, 2.24) is 0 Å². The molecule has 3 rings (SSSR count). The molecule has 3 aromatic rings. The lowest BCUT2D eigenvalue weighted by atomic mass is 9.95. The highest BCUT2D eigenvalue weighted by atomic mass is 35.5. The normalized spacial score (nSPS) is 11.9. The van der Waals surface area contributed by atoms with Gasteiger partial charge >= 0.3 is 0 Å². The molecule has 0 bridgehead atoms. The highest BCUT2D eigenvalue weighted by Crippen LogP contribution is 2.28. The Hall–Kier alpha value is -2.78. The van der Waals surface area contributed by atoms with Crippen LogP contribution in [0.2, 0.25) is 5.02 Å². The zero-order chi connectivity index (χ0) is 20.8. The van der Waals surface area contributed by atoms with Crippen LogP contribution in [0.3, 0.4) is 0 Å². The van der Waals surface area contributed by atoms with Crippen molar-refractivity contribution >= 4 is 23.1 Å². The maximum atomic E-state index is 13.0. The lowest BCUT2D eigenvalue weighted by Gasteiger charge is -2.21. The molecule has 0 aliphatic rings. The second-order valence-electron chi connectivity index (χ2n) is 7.38. The number of hydrogen-bond acceptors (Lipinski definition) is 3. The molecule has 150 valence electrons. The first-order chi connectivity index (χ1) is 14.0. The largest absolute Gasteiger partial charge is 0.497 e. The van der Waals surface area contributed by atoms with Gasteiger partial charge in [-0.05, 0) is 59.5 Å². The monoisotopic (exact) mass is 407 g/mol. The number of carbonyl (C=O) groups excluding carboxylic acids is 1. The number of halogens is 1. The third-order valence-corrected chi connectivity index (χ3v) is 5.21. The number of rotatable bonds is 8. The first kappa shape index (κ1) is 20.9. The average molecular weight is 408 g/mol. The minimum absolute atomic E-state index is 0.0696. The van der Waals surface area contributed by atoms with Gasteiger partial charge in [0, 0.05) is 22.7 Å². The van der Waals surface area contributed by atoms with E-state index in [1.54, 1.807) is 19.2 Å². The van der Waals surface area contributed by atoms with Gasteiger partial charge in [-0.3, -0.25) is 4.79 Å². The second-order valence-corrected chi connectivity index (χ2v) is 7.82. The van der Waals surface area contributed by atoms with Crippen LogP contribution in [-0.2, 0) is 0 Å². The molecule has 0 aliphatic carbocycles. The van der Waals surface area contributed by atoms with E-state index >= 15 is 0 Å². The van der Waals surface area contributed by atoms with Crippen LogP contribution < -0.4 is 10.1 Å². The van der Waals surface area contributed by atoms with Crippen LogP contribution in [0.15, 0.2) is 72.8 Å². The molecule has 0 saturated carbocycles. The zero-order valence-electron chi connectivity index (χ0n) is 17.0. The fraction of sp³-hybridized carbons (Fsp3) is 0.240. The molecule has 1 unspecified atom stereocenters. The molecule has 29 heavy (non-hydrogen) atoms. The predicted octanol–water partition coefficient (Wildman–Crippen LogP) is 6.90. The summed E-state index contributed by atoms with van der Waals surface area (Å²) in [7, 11) is 1.61. The molecule has 0 aliphatic heterocycles. The van der Waals surface area contributed by atoms with E-state index in [2.05, 4.69) is 43.4 Å². The number of hydrogen-bond donors (Lipinski definition) is 1. The van der Waals surface area contributed by atoms with E-state index in [1.807, 2.05) is 36.4 Å². The van der Waals surface area contributed by atoms with E-state index < -0.39 is 0 Å². The molecule has 4 heteroatoms. The summed E-state index contributed by atoms with van der Waals surface area (Å²) in [6.07, 6.45) is 0.333. The second kappa shape index (κ2) is 9.62. The molecule has 1 atom stereocenters. The number of ketones is 1.